The summed E-state index contributed by atoms with van der Waals surface area (Å²) in [6, 6.07) is 3.41. The number of methoxy groups -OCH3 is 1. The van der Waals surface area contributed by atoms with Crippen molar-refractivity contribution >= 4 is 33.3 Å². The van der Waals surface area contributed by atoms with Gasteiger partial charge in [0.1, 0.15) is 0 Å². The van der Waals surface area contributed by atoms with Gasteiger partial charge in [0.2, 0.25) is 0 Å². The average molecular weight is 278 g/mol. The van der Waals surface area contributed by atoms with E-state index in [1.54, 1.807) is 19.2 Å². The van der Waals surface area contributed by atoms with E-state index in [4.69, 9.17) is 16.3 Å². The Morgan fingerprint density at radius 3 is 2.64 bits per heavy atom. The van der Waals surface area contributed by atoms with Crippen molar-refractivity contribution < 1.29 is 9.53 Å². The number of hydrogen-bond acceptors (Lipinski definition) is 2. The summed E-state index contributed by atoms with van der Waals surface area (Å²) in [4.78, 5) is 11.1. The zero-order valence-electron chi connectivity index (χ0n) is 7.93. The van der Waals surface area contributed by atoms with E-state index in [-0.39, 0.29) is 5.78 Å². The Morgan fingerprint density at radius 2 is 2.21 bits per heavy atom. The Labute approximate surface area is 96.3 Å². The topological polar surface area (TPSA) is 26.3 Å². The van der Waals surface area contributed by atoms with Crippen molar-refractivity contribution in [1.29, 1.82) is 0 Å². The molecular weight excluding hydrogens is 267 g/mol. The Bertz CT molecular complexity index is 340. The third kappa shape index (κ3) is 2.56. The minimum absolute atomic E-state index is 0.00318. The standard InChI is InChI=1S/C10H10BrClO2/c1-6(13)7-3-9(11)8(5-14-2)10(12)4-7/h3-4H,5H2,1-2H3. The van der Waals surface area contributed by atoms with E-state index < -0.39 is 0 Å². The van der Waals surface area contributed by atoms with Crippen LogP contribution in [-0.2, 0) is 11.3 Å². The molecule has 14 heavy (non-hydrogen) atoms. The van der Waals surface area contributed by atoms with E-state index in [0.717, 1.165) is 10.0 Å². The van der Waals surface area contributed by atoms with Crippen LogP contribution in [0.3, 0.4) is 0 Å². The number of hydrogen-bond donors (Lipinski definition) is 0. The van der Waals surface area contributed by atoms with Crippen LogP contribution in [0.5, 0.6) is 0 Å². The lowest BCUT2D eigenvalue weighted by atomic mass is 10.1. The number of carbonyl (C=O) groups is 1. The highest BCUT2D eigenvalue weighted by Crippen LogP contribution is 2.27. The Morgan fingerprint density at radius 1 is 1.57 bits per heavy atom. The summed E-state index contributed by atoms with van der Waals surface area (Å²) in [6.45, 7) is 1.94. The van der Waals surface area contributed by atoms with Gasteiger partial charge in [-0.3, -0.25) is 4.79 Å². The number of ether oxygens (including phenoxy) is 1. The molecule has 0 fully saturated rings. The monoisotopic (exact) mass is 276 g/mol. The highest BCUT2D eigenvalue weighted by atomic mass is 79.9. The van der Waals surface area contributed by atoms with E-state index >= 15 is 0 Å². The maximum atomic E-state index is 11.1. The number of halogens is 2. The highest BCUT2D eigenvalue weighted by Gasteiger charge is 2.09. The summed E-state index contributed by atoms with van der Waals surface area (Å²) in [5, 5.41) is 0.548. The molecule has 0 bridgehead atoms. The summed E-state index contributed by atoms with van der Waals surface area (Å²) in [6.07, 6.45) is 0. The van der Waals surface area contributed by atoms with Gasteiger partial charge in [-0.15, -0.1) is 0 Å². The maximum absolute atomic E-state index is 11.1. The predicted molar refractivity (Wildman–Crippen MR) is 59.9 cm³/mol. The van der Waals surface area contributed by atoms with Gasteiger partial charge >= 0.3 is 0 Å². The largest absolute Gasteiger partial charge is 0.380 e. The molecule has 0 amide bonds. The van der Waals surface area contributed by atoms with Crippen LogP contribution in [0.15, 0.2) is 16.6 Å². The normalized spacial score (nSPS) is 10.3. The van der Waals surface area contributed by atoms with Gasteiger partial charge in [0.15, 0.2) is 5.78 Å². The molecule has 1 aromatic carbocycles. The molecule has 0 heterocycles. The van der Waals surface area contributed by atoms with Crippen LogP contribution >= 0.6 is 27.5 Å². The first-order chi connectivity index (χ1) is 6.56. The van der Waals surface area contributed by atoms with E-state index in [0.29, 0.717) is 17.2 Å². The molecule has 0 atom stereocenters. The molecule has 0 aliphatic heterocycles. The first-order valence-corrected chi connectivity index (χ1v) is 5.21. The molecule has 0 aromatic heterocycles. The number of rotatable bonds is 3. The summed E-state index contributed by atoms with van der Waals surface area (Å²) in [5.74, 6) is -0.00318. The zero-order valence-corrected chi connectivity index (χ0v) is 10.3. The Kier molecular flexibility index (Phi) is 4.11. The van der Waals surface area contributed by atoms with Crippen LogP contribution in [0.25, 0.3) is 0 Å². The number of carbonyl (C=O) groups excluding carboxylic acids is 1. The summed E-state index contributed by atoms with van der Waals surface area (Å²) in [7, 11) is 1.60. The molecule has 0 radical (unpaired) electrons. The molecule has 0 spiro atoms. The van der Waals surface area contributed by atoms with E-state index in [9.17, 15) is 4.79 Å². The lowest BCUT2D eigenvalue weighted by Gasteiger charge is -2.07. The highest BCUT2D eigenvalue weighted by molar-refractivity contribution is 9.10. The van der Waals surface area contributed by atoms with Crippen LogP contribution in [0.2, 0.25) is 5.02 Å². The zero-order chi connectivity index (χ0) is 10.7. The van der Waals surface area contributed by atoms with Crippen LogP contribution in [-0.4, -0.2) is 12.9 Å². The van der Waals surface area contributed by atoms with Gasteiger partial charge in [-0.2, -0.15) is 0 Å². The van der Waals surface area contributed by atoms with Crippen molar-refractivity contribution in [3.63, 3.8) is 0 Å². The van der Waals surface area contributed by atoms with Gasteiger partial charge in [-0.05, 0) is 19.1 Å². The lowest BCUT2D eigenvalue weighted by molar-refractivity contribution is 0.101. The molecule has 0 saturated carbocycles. The lowest BCUT2D eigenvalue weighted by Crippen LogP contribution is -1.97. The number of ketones is 1. The second-order valence-corrected chi connectivity index (χ2v) is 4.17. The van der Waals surface area contributed by atoms with Gasteiger partial charge in [-0.25, -0.2) is 0 Å². The maximum Gasteiger partial charge on any atom is 0.159 e. The molecule has 2 nitrogen and oxygen atoms in total. The molecule has 0 N–H and O–H groups in total. The average Bonchev–Trinajstić information content (AvgIpc) is 2.10. The smallest absolute Gasteiger partial charge is 0.159 e. The molecule has 0 unspecified atom stereocenters. The Balaban J connectivity index is 3.18. The fraction of sp³-hybridized carbons (Fsp3) is 0.300. The summed E-state index contributed by atoms with van der Waals surface area (Å²) < 4.78 is 5.79. The molecule has 1 rings (SSSR count). The molecule has 76 valence electrons. The van der Waals surface area contributed by atoms with Crippen molar-refractivity contribution in [2.75, 3.05) is 7.11 Å². The molecule has 0 saturated heterocycles. The fourth-order valence-corrected chi connectivity index (χ4v) is 2.05. The molecule has 1 aromatic rings. The second kappa shape index (κ2) is 4.91. The molecule has 0 aliphatic rings. The van der Waals surface area contributed by atoms with Crippen LogP contribution in [0.1, 0.15) is 22.8 Å². The molecular formula is C10H10BrClO2. The third-order valence-electron chi connectivity index (χ3n) is 1.84. The summed E-state index contributed by atoms with van der Waals surface area (Å²) in [5.41, 5.74) is 1.46. The van der Waals surface area contributed by atoms with Gasteiger partial charge in [0, 0.05) is 27.7 Å². The van der Waals surface area contributed by atoms with Crippen molar-refractivity contribution in [1.82, 2.24) is 0 Å². The first kappa shape index (κ1) is 11.7. The van der Waals surface area contributed by atoms with Gasteiger partial charge in [0.05, 0.1) is 6.61 Å². The van der Waals surface area contributed by atoms with Gasteiger partial charge in [0.25, 0.3) is 0 Å². The molecule has 0 aliphatic carbocycles. The van der Waals surface area contributed by atoms with Crippen molar-refractivity contribution in [2.24, 2.45) is 0 Å². The Hall–Kier alpha value is -0.380. The number of Topliss-reactive ketones (excluding diaryl/α,β-unsaturated/α-hetero) is 1. The van der Waals surface area contributed by atoms with Crippen molar-refractivity contribution in [3.8, 4) is 0 Å². The SMILES string of the molecule is COCc1c(Cl)cc(C(C)=O)cc1Br. The van der Waals surface area contributed by atoms with Gasteiger partial charge < -0.3 is 4.74 Å². The summed E-state index contributed by atoms with van der Waals surface area (Å²) >= 11 is 9.35. The van der Waals surface area contributed by atoms with E-state index in [2.05, 4.69) is 15.9 Å². The van der Waals surface area contributed by atoms with Crippen molar-refractivity contribution in [3.05, 3.63) is 32.8 Å². The fourth-order valence-electron chi connectivity index (χ4n) is 1.09. The van der Waals surface area contributed by atoms with Crippen molar-refractivity contribution in [2.45, 2.75) is 13.5 Å². The van der Waals surface area contributed by atoms with E-state index in [1.165, 1.54) is 6.92 Å². The van der Waals surface area contributed by atoms with Crippen LogP contribution in [0, 0.1) is 0 Å². The molecule has 4 heteroatoms. The van der Waals surface area contributed by atoms with E-state index in [1.807, 2.05) is 0 Å². The van der Waals surface area contributed by atoms with Crippen LogP contribution < -0.4 is 0 Å². The van der Waals surface area contributed by atoms with Gasteiger partial charge in [-0.1, -0.05) is 27.5 Å². The minimum Gasteiger partial charge on any atom is -0.380 e. The first-order valence-electron chi connectivity index (χ1n) is 4.04. The second-order valence-electron chi connectivity index (χ2n) is 2.91. The third-order valence-corrected chi connectivity index (χ3v) is 2.88. The van der Waals surface area contributed by atoms with Crippen LogP contribution in [0.4, 0.5) is 0 Å². The number of benzene rings is 1. The minimum atomic E-state index is -0.00318. The quantitative estimate of drug-likeness (QED) is 0.791. The predicted octanol–water partition coefficient (Wildman–Crippen LogP) is 3.45.